The van der Waals surface area contributed by atoms with Crippen molar-refractivity contribution in [3.63, 3.8) is 0 Å². The van der Waals surface area contributed by atoms with Crippen molar-refractivity contribution in [2.45, 2.75) is 6.92 Å². The monoisotopic (exact) mass is 410 g/mol. The highest BCUT2D eigenvalue weighted by Gasteiger charge is 2.14. The number of amides is 1. The number of nitrogens with zero attached hydrogens (tertiary/aromatic N) is 1. The van der Waals surface area contributed by atoms with E-state index in [1.54, 1.807) is 6.07 Å². The molecular formula is C19H15BrN4O2. The lowest BCUT2D eigenvalue weighted by molar-refractivity contribution is -0.125. The van der Waals surface area contributed by atoms with E-state index < -0.39 is 0 Å². The van der Waals surface area contributed by atoms with Crippen molar-refractivity contribution in [3.05, 3.63) is 59.2 Å². The number of hydroxylamine groups is 1. The van der Waals surface area contributed by atoms with E-state index in [1.807, 2.05) is 42.6 Å². The predicted molar refractivity (Wildman–Crippen MR) is 103 cm³/mol. The number of carbonyl (C=O) groups is 1. The minimum absolute atomic E-state index is 0.273. The third-order valence-corrected chi connectivity index (χ3v) is 4.82. The van der Waals surface area contributed by atoms with Crippen LogP contribution in [0.25, 0.3) is 33.4 Å². The number of fused-ring (bicyclic) bond motifs is 1. The zero-order valence-electron chi connectivity index (χ0n) is 13.8. The Kier molecular flexibility index (Phi) is 4.22. The number of halogens is 1. The number of nitrogens with one attached hydrogen (secondary N) is 3. The lowest BCUT2D eigenvalue weighted by atomic mass is 10.1. The molecule has 0 atom stereocenters. The summed E-state index contributed by atoms with van der Waals surface area (Å²) in [6.45, 7) is 1.39. The number of benzene rings is 2. The van der Waals surface area contributed by atoms with Crippen molar-refractivity contribution in [3.8, 4) is 28.3 Å². The summed E-state index contributed by atoms with van der Waals surface area (Å²) in [5.74, 6) is 0.242. The fourth-order valence-corrected chi connectivity index (χ4v) is 3.36. The van der Waals surface area contributed by atoms with E-state index in [2.05, 4.69) is 42.7 Å². The van der Waals surface area contributed by atoms with Gasteiger partial charge in [-0.2, -0.15) is 10.6 Å². The Morgan fingerprint density at radius 2 is 2.00 bits per heavy atom. The number of rotatable bonds is 4. The zero-order valence-corrected chi connectivity index (χ0v) is 15.4. The zero-order chi connectivity index (χ0) is 18.1. The van der Waals surface area contributed by atoms with E-state index in [4.69, 9.17) is 4.84 Å². The first-order valence-electron chi connectivity index (χ1n) is 7.97. The van der Waals surface area contributed by atoms with E-state index in [1.165, 1.54) is 6.92 Å². The second-order valence-electron chi connectivity index (χ2n) is 5.79. The first-order chi connectivity index (χ1) is 12.6. The highest BCUT2D eigenvalue weighted by Crippen LogP contribution is 2.36. The first-order valence-corrected chi connectivity index (χ1v) is 8.77. The fourth-order valence-electron chi connectivity index (χ4n) is 2.81. The molecule has 6 nitrogen and oxygen atoms in total. The maximum Gasteiger partial charge on any atom is 0.249 e. The molecule has 130 valence electrons. The van der Waals surface area contributed by atoms with Gasteiger partial charge in [-0.15, -0.1) is 0 Å². The smallest absolute Gasteiger partial charge is 0.249 e. The lowest BCUT2D eigenvalue weighted by Gasteiger charge is -2.09. The summed E-state index contributed by atoms with van der Waals surface area (Å²) in [4.78, 5) is 19.6. The minimum Gasteiger partial charge on any atom is -0.378 e. The van der Waals surface area contributed by atoms with Gasteiger partial charge in [0.25, 0.3) is 0 Å². The summed E-state index contributed by atoms with van der Waals surface area (Å²) in [5, 5.41) is 8.64. The van der Waals surface area contributed by atoms with Gasteiger partial charge in [-0.1, -0.05) is 30.3 Å². The highest BCUT2D eigenvalue weighted by atomic mass is 79.9. The van der Waals surface area contributed by atoms with Crippen LogP contribution in [0.2, 0.25) is 0 Å². The second kappa shape index (κ2) is 6.68. The number of hydrogen-bond acceptors (Lipinski definition) is 3. The Balaban J connectivity index is 1.70. The van der Waals surface area contributed by atoms with E-state index in [0.717, 1.165) is 37.9 Å². The van der Waals surface area contributed by atoms with Gasteiger partial charge in [0.05, 0.1) is 15.9 Å². The molecule has 0 aliphatic carbocycles. The van der Waals surface area contributed by atoms with Gasteiger partial charge in [0, 0.05) is 35.2 Å². The highest BCUT2D eigenvalue weighted by molar-refractivity contribution is 9.10. The normalized spacial score (nSPS) is 10.8. The molecule has 4 rings (SSSR count). The quantitative estimate of drug-likeness (QED) is 0.435. The molecule has 0 radical (unpaired) electrons. The Morgan fingerprint density at radius 1 is 1.15 bits per heavy atom. The molecule has 0 spiro atoms. The molecule has 4 aromatic rings. The summed E-state index contributed by atoms with van der Waals surface area (Å²) in [7, 11) is 0. The standard InChI is InChI=1S/C19H15BrN4O2/c1-11(25)24-26-18-8-4-6-13(19(18)20)16-9-17(23-22-16)14-10-21-15-7-3-2-5-12(14)15/h2-10,21H,1H3,(H,22,23)(H,24,25). The fraction of sp³-hybridized carbons (Fsp3) is 0.0526. The summed E-state index contributed by atoms with van der Waals surface area (Å²) in [6.07, 6.45) is 1.95. The summed E-state index contributed by atoms with van der Waals surface area (Å²) in [6, 6.07) is 15.6. The first kappa shape index (κ1) is 16.4. The molecule has 0 saturated heterocycles. The molecule has 0 bridgehead atoms. The largest absolute Gasteiger partial charge is 0.378 e. The van der Waals surface area contributed by atoms with Crippen molar-refractivity contribution in [1.29, 1.82) is 0 Å². The maximum atomic E-state index is 11.1. The number of aromatic amines is 2. The van der Waals surface area contributed by atoms with E-state index in [9.17, 15) is 4.79 Å². The molecule has 2 heterocycles. The number of hydrogen-bond donors (Lipinski definition) is 3. The van der Waals surface area contributed by atoms with Crippen LogP contribution < -0.4 is 10.3 Å². The van der Waals surface area contributed by atoms with E-state index >= 15 is 0 Å². The van der Waals surface area contributed by atoms with Gasteiger partial charge >= 0.3 is 0 Å². The van der Waals surface area contributed by atoms with Crippen LogP contribution in [0.5, 0.6) is 5.75 Å². The summed E-state index contributed by atoms with van der Waals surface area (Å²) >= 11 is 3.54. The average Bonchev–Trinajstić information content (AvgIpc) is 3.27. The van der Waals surface area contributed by atoms with Crippen LogP contribution in [0.3, 0.4) is 0 Å². The number of carbonyl (C=O) groups excluding carboxylic acids is 1. The number of para-hydroxylation sites is 1. The Hall–Kier alpha value is -3.06. The molecule has 2 aromatic carbocycles. The van der Waals surface area contributed by atoms with Gasteiger partial charge in [-0.05, 0) is 34.1 Å². The van der Waals surface area contributed by atoms with Crippen LogP contribution >= 0.6 is 15.9 Å². The SMILES string of the molecule is CC(=O)NOc1cccc(-c2cc(-c3c[nH]c4ccccc34)n[nH]2)c1Br. The molecular weight excluding hydrogens is 396 g/mol. The molecule has 0 fully saturated rings. The van der Waals surface area contributed by atoms with Crippen LogP contribution in [0.4, 0.5) is 0 Å². The van der Waals surface area contributed by atoms with Gasteiger partial charge in [0.15, 0.2) is 5.75 Å². The van der Waals surface area contributed by atoms with Crippen LogP contribution in [0.1, 0.15) is 6.92 Å². The van der Waals surface area contributed by atoms with Crippen molar-refractivity contribution in [2.75, 3.05) is 0 Å². The van der Waals surface area contributed by atoms with E-state index in [-0.39, 0.29) is 5.91 Å². The van der Waals surface area contributed by atoms with Gasteiger partial charge < -0.3 is 9.82 Å². The molecule has 26 heavy (non-hydrogen) atoms. The molecule has 2 aromatic heterocycles. The van der Waals surface area contributed by atoms with Crippen LogP contribution in [-0.2, 0) is 4.79 Å². The van der Waals surface area contributed by atoms with E-state index in [0.29, 0.717) is 5.75 Å². The third-order valence-electron chi connectivity index (χ3n) is 4.00. The van der Waals surface area contributed by atoms with Crippen molar-refractivity contribution in [1.82, 2.24) is 20.7 Å². The average molecular weight is 411 g/mol. The molecule has 3 N–H and O–H groups in total. The van der Waals surface area contributed by atoms with Gasteiger partial charge in [0.1, 0.15) is 0 Å². The molecule has 1 amide bonds. The van der Waals surface area contributed by atoms with Crippen molar-refractivity contribution in [2.24, 2.45) is 0 Å². The van der Waals surface area contributed by atoms with Crippen LogP contribution in [0, 0.1) is 0 Å². The minimum atomic E-state index is -0.273. The Bertz CT molecular complexity index is 1100. The van der Waals surface area contributed by atoms with Gasteiger partial charge in [-0.3, -0.25) is 9.89 Å². The Morgan fingerprint density at radius 3 is 2.85 bits per heavy atom. The second-order valence-corrected chi connectivity index (χ2v) is 6.59. The van der Waals surface area contributed by atoms with Crippen molar-refractivity contribution < 1.29 is 9.63 Å². The number of aromatic nitrogens is 3. The topological polar surface area (TPSA) is 82.8 Å². The molecule has 0 saturated carbocycles. The lowest BCUT2D eigenvalue weighted by Crippen LogP contribution is -2.23. The molecule has 7 heteroatoms. The molecule has 0 aliphatic heterocycles. The van der Waals surface area contributed by atoms with Crippen LogP contribution in [0.15, 0.2) is 59.2 Å². The maximum absolute atomic E-state index is 11.1. The number of H-pyrrole nitrogens is 2. The third kappa shape index (κ3) is 2.97. The summed E-state index contributed by atoms with van der Waals surface area (Å²) in [5.41, 5.74) is 7.00. The van der Waals surface area contributed by atoms with Crippen LogP contribution in [-0.4, -0.2) is 21.1 Å². The predicted octanol–water partition coefficient (Wildman–Crippen LogP) is 4.42. The van der Waals surface area contributed by atoms with Crippen molar-refractivity contribution >= 4 is 32.7 Å². The van der Waals surface area contributed by atoms with Gasteiger partial charge in [-0.25, -0.2) is 0 Å². The molecule has 0 unspecified atom stereocenters. The summed E-state index contributed by atoms with van der Waals surface area (Å²) < 4.78 is 0.725. The Labute approximate surface area is 157 Å². The molecule has 0 aliphatic rings. The van der Waals surface area contributed by atoms with Gasteiger partial charge in [0.2, 0.25) is 5.91 Å².